The number of hydrogen-bond acceptors (Lipinski definition) is 10. The predicted octanol–water partition coefficient (Wildman–Crippen LogP) is 1.29. The van der Waals surface area contributed by atoms with Crippen molar-refractivity contribution in [2.45, 2.75) is 19.4 Å². The third-order valence-corrected chi connectivity index (χ3v) is 5.44. The molecule has 0 radical (unpaired) electrons. The van der Waals surface area contributed by atoms with Gasteiger partial charge in [-0.25, -0.2) is 0 Å². The van der Waals surface area contributed by atoms with Crippen molar-refractivity contribution in [1.82, 2.24) is 30.4 Å². The van der Waals surface area contributed by atoms with Gasteiger partial charge in [-0.3, -0.25) is 9.78 Å². The highest BCUT2D eigenvalue weighted by Gasteiger charge is 2.22. The first-order valence-electron chi connectivity index (χ1n) is 10.7. The van der Waals surface area contributed by atoms with Crippen LogP contribution in [0.15, 0.2) is 35.1 Å². The van der Waals surface area contributed by atoms with Crippen LogP contribution >= 0.6 is 0 Å². The van der Waals surface area contributed by atoms with E-state index >= 15 is 0 Å². The maximum Gasteiger partial charge on any atom is 0.273 e. The van der Waals surface area contributed by atoms with E-state index < -0.39 is 0 Å². The molecule has 0 spiro atoms. The Kier molecular flexibility index (Phi) is 5.88. The van der Waals surface area contributed by atoms with Gasteiger partial charge in [-0.05, 0) is 25.0 Å². The average Bonchev–Trinajstić information content (AvgIpc) is 3.56. The van der Waals surface area contributed by atoms with E-state index in [1.165, 1.54) is 0 Å². The van der Waals surface area contributed by atoms with Crippen molar-refractivity contribution in [3.05, 3.63) is 42.1 Å². The van der Waals surface area contributed by atoms with Crippen molar-refractivity contribution < 1.29 is 14.1 Å². The fraction of sp³-hybridized carbons (Fsp3) is 0.429. The van der Waals surface area contributed by atoms with Crippen LogP contribution in [0.4, 0.5) is 11.9 Å². The lowest BCUT2D eigenvalue weighted by molar-refractivity contribution is 0.0941. The van der Waals surface area contributed by atoms with Gasteiger partial charge in [-0.2, -0.15) is 15.0 Å². The number of hydrogen-bond donors (Lipinski definition) is 1. The second-order valence-corrected chi connectivity index (χ2v) is 7.65. The van der Waals surface area contributed by atoms with Crippen LogP contribution < -0.4 is 15.1 Å². The number of carbonyl (C=O) groups is 1. The molecule has 166 valence electrons. The second kappa shape index (κ2) is 9.27. The maximum absolute atomic E-state index is 12.6. The number of anilines is 2. The van der Waals surface area contributed by atoms with E-state index in [1.807, 2.05) is 6.07 Å². The molecule has 11 nitrogen and oxygen atoms in total. The molecule has 32 heavy (non-hydrogen) atoms. The van der Waals surface area contributed by atoms with E-state index in [0.29, 0.717) is 36.7 Å². The zero-order valence-corrected chi connectivity index (χ0v) is 17.6. The lowest BCUT2D eigenvalue weighted by Crippen LogP contribution is -2.38. The number of pyridine rings is 1. The van der Waals surface area contributed by atoms with Gasteiger partial charge in [0.1, 0.15) is 0 Å². The standard InChI is InChI=1S/C21H24N8O3/c30-19(16-12-17(32-27-16)15-4-3-5-22-13-15)23-14-18-24-20(28-6-1-2-7-28)26-21(25-18)29-8-10-31-11-9-29/h3-5,12-13H,1-2,6-11,14H2,(H,23,30). The Morgan fingerprint density at radius 2 is 1.78 bits per heavy atom. The summed E-state index contributed by atoms with van der Waals surface area (Å²) in [5.74, 6) is 1.90. The molecule has 0 unspecified atom stereocenters. The Bertz CT molecular complexity index is 1060. The number of rotatable bonds is 6. The number of ether oxygens (including phenoxy) is 1. The van der Waals surface area contributed by atoms with E-state index in [4.69, 9.17) is 9.26 Å². The number of morpholine rings is 1. The minimum Gasteiger partial charge on any atom is -0.378 e. The molecule has 1 N–H and O–H groups in total. The average molecular weight is 436 g/mol. The fourth-order valence-electron chi connectivity index (χ4n) is 3.71. The summed E-state index contributed by atoms with van der Waals surface area (Å²) in [5, 5.41) is 6.71. The lowest BCUT2D eigenvalue weighted by atomic mass is 10.2. The molecular weight excluding hydrogens is 412 g/mol. The largest absolute Gasteiger partial charge is 0.378 e. The topological polar surface area (TPSA) is 122 Å². The number of nitrogens with zero attached hydrogens (tertiary/aromatic N) is 7. The molecule has 0 bridgehead atoms. The highest BCUT2D eigenvalue weighted by atomic mass is 16.5. The highest BCUT2D eigenvalue weighted by Crippen LogP contribution is 2.20. The molecule has 3 aromatic rings. The van der Waals surface area contributed by atoms with Crippen LogP contribution in [0.3, 0.4) is 0 Å². The Morgan fingerprint density at radius 1 is 1.03 bits per heavy atom. The number of carbonyl (C=O) groups excluding carboxylic acids is 1. The molecule has 11 heteroatoms. The fourth-order valence-corrected chi connectivity index (χ4v) is 3.71. The van der Waals surface area contributed by atoms with Gasteiger partial charge in [-0.1, -0.05) is 5.16 Å². The van der Waals surface area contributed by atoms with Crippen molar-refractivity contribution >= 4 is 17.8 Å². The van der Waals surface area contributed by atoms with E-state index in [-0.39, 0.29) is 18.1 Å². The van der Waals surface area contributed by atoms with Crippen LogP contribution in [-0.4, -0.2) is 70.4 Å². The van der Waals surface area contributed by atoms with Gasteiger partial charge in [0.15, 0.2) is 17.3 Å². The lowest BCUT2D eigenvalue weighted by Gasteiger charge is -2.28. The van der Waals surface area contributed by atoms with E-state index in [0.717, 1.165) is 44.6 Å². The van der Waals surface area contributed by atoms with E-state index in [9.17, 15) is 4.79 Å². The predicted molar refractivity (Wildman–Crippen MR) is 115 cm³/mol. The molecule has 0 aliphatic carbocycles. The zero-order chi connectivity index (χ0) is 21.8. The maximum atomic E-state index is 12.6. The van der Waals surface area contributed by atoms with Gasteiger partial charge in [0.25, 0.3) is 5.91 Å². The van der Waals surface area contributed by atoms with Gasteiger partial charge in [0.05, 0.1) is 19.8 Å². The molecule has 0 saturated carbocycles. The summed E-state index contributed by atoms with van der Waals surface area (Å²) in [6.07, 6.45) is 5.57. The Hall–Kier alpha value is -3.60. The molecule has 5 rings (SSSR count). The van der Waals surface area contributed by atoms with Crippen molar-refractivity contribution in [3.63, 3.8) is 0 Å². The molecule has 2 aliphatic rings. The Morgan fingerprint density at radius 3 is 2.50 bits per heavy atom. The zero-order valence-electron chi connectivity index (χ0n) is 17.6. The third kappa shape index (κ3) is 4.52. The first-order valence-corrected chi connectivity index (χ1v) is 10.7. The molecule has 5 heterocycles. The SMILES string of the molecule is O=C(NCc1nc(N2CCCC2)nc(N2CCOCC2)n1)c1cc(-c2cccnc2)on1. The minimum atomic E-state index is -0.361. The molecule has 0 aromatic carbocycles. The minimum absolute atomic E-state index is 0.161. The molecule has 2 fully saturated rings. The molecule has 2 saturated heterocycles. The molecular formula is C21H24N8O3. The quantitative estimate of drug-likeness (QED) is 0.605. The normalized spacial score (nSPS) is 16.4. The van der Waals surface area contributed by atoms with Crippen LogP contribution in [0.1, 0.15) is 29.2 Å². The molecule has 1 amide bonds. The number of nitrogens with one attached hydrogen (secondary N) is 1. The van der Waals surface area contributed by atoms with Crippen molar-refractivity contribution in [3.8, 4) is 11.3 Å². The first-order chi connectivity index (χ1) is 15.8. The van der Waals surface area contributed by atoms with Crippen LogP contribution in [0, 0.1) is 0 Å². The van der Waals surface area contributed by atoms with Crippen LogP contribution in [0.5, 0.6) is 0 Å². The Balaban J connectivity index is 1.31. The van der Waals surface area contributed by atoms with Crippen molar-refractivity contribution in [2.24, 2.45) is 0 Å². The van der Waals surface area contributed by atoms with E-state index in [2.05, 4.69) is 40.2 Å². The molecule has 0 atom stereocenters. The smallest absolute Gasteiger partial charge is 0.273 e. The van der Waals surface area contributed by atoms with Crippen LogP contribution in [0.2, 0.25) is 0 Å². The number of amides is 1. The summed E-state index contributed by atoms with van der Waals surface area (Å²) >= 11 is 0. The number of aromatic nitrogens is 5. The summed E-state index contributed by atoms with van der Waals surface area (Å²) in [5.41, 5.74) is 0.938. The first kappa shape index (κ1) is 20.3. The van der Waals surface area contributed by atoms with Gasteiger partial charge < -0.3 is 24.4 Å². The van der Waals surface area contributed by atoms with Crippen molar-refractivity contribution in [1.29, 1.82) is 0 Å². The third-order valence-electron chi connectivity index (χ3n) is 5.44. The second-order valence-electron chi connectivity index (χ2n) is 7.65. The molecule has 2 aliphatic heterocycles. The van der Waals surface area contributed by atoms with Gasteiger partial charge in [0, 0.05) is 50.2 Å². The van der Waals surface area contributed by atoms with Crippen molar-refractivity contribution in [2.75, 3.05) is 49.2 Å². The summed E-state index contributed by atoms with van der Waals surface area (Å²) in [6.45, 7) is 4.75. The van der Waals surface area contributed by atoms with Gasteiger partial charge in [-0.15, -0.1) is 0 Å². The molecule has 3 aromatic heterocycles. The summed E-state index contributed by atoms with van der Waals surface area (Å²) in [4.78, 5) is 34.8. The van der Waals surface area contributed by atoms with Gasteiger partial charge >= 0.3 is 0 Å². The summed E-state index contributed by atoms with van der Waals surface area (Å²) < 4.78 is 10.7. The summed E-state index contributed by atoms with van der Waals surface area (Å²) in [7, 11) is 0. The van der Waals surface area contributed by atoms with Crippen LogP contribution in [0.25, 0.3) is 11.3 Å². The highest BCUT2D eigenvalue weighted by molar-refractivity contribution is 5.92. The van der Waals surface area contributed by atoms with E-state index in [1.54, 1.807) is 24.5 Å². The van der Waals surface area contributed by atoms with Crippen LogP contribution in [-0.2, 0) is 11.3 Å². The van der Waals surface area contributed by atoms with Gasteiger partial charge in [0.2, 0.25) is 11.9 Å². The monoisotopic (exact) mass is 436 g/mol. The Labute approximate surface area is 184 Å². The summed E-state index contributed by atoms with van der Waals surface area (Å²) in [6, 6.07) is 5.23.